The van der Waals surface area contributed by atoms with Crippen molar-refractivity contribution in [1.82, 2.24) is 4.98 Å². The Balaban J connectivity index is 1.53. The molecule has 1 atom stereocenters. The molecule has 0 bridgehead atoms. The van der Waals surface area contributed by atoms with Crippen molar-refractivity contribution >= 4 is 40.2 Å². The third-order valence-corrected chi connectivity index (χ3v) is 5.15. The van der Waals surface area contributed by atoms with E-state index in [1.54, 1.807) is 12.1 Å². The largest absolute Gasteiger partial charge is 0.431 e. The van der Waals surface area contributed by atoms with Crippen LogP contribution in [0, 0.1) is 0 Å². The number of hydrogen-bond acceptors (Lipinski definition) is 5. The number of ketones is 1. The Morgan fingerprint density at radius 3 is 2.92 bits per heavy atom. The number of carbonyl (C=O) groups is 2. The molecule has 6 heteroatoms. The Morgan fingerprint density at radius 1 is 1.24 bits per heavy atom. The van der Waals surface area contributed by atoms with E-state index in [1.165, 1.54) is 11.8 Å². The Labute approximate surface area is 148 Å². The molecule has 0 fully saturated rings. The number of nitrogens with one attached hydrogen (secondary N) is 1. The number of thioether (sulfide) groups is 1. The molecule has 2 heterocycles. The number of aromatic nitrogens is 1. The van der Waals surface area contributed by atoms with Crippen LogP contribution < -0.4 is 5.32 Å². The molecular formula is C19H16N2O3S. The number of benzene rings is 2. The fourth-order valence-electron chi connectivity index (χ4n) is 2.88. The fourth-order valence-corrected chi connectivity index (χ4v) is 3.71. The molecule has 0 spiro atoms. The van der Waals surface area contributed by atoms with E-state index in [0.29, 0.717) is 29.2 Å². The number of rotatable bonds is 4. The van der Waals surface area contributed by atoms with Gasteiger partial charge >= 0.3 is 0 Å². The van der Waals surface area contributed by atoms with E-state index in [4.69, 9.17) is 4.42 Å². The number of aryl methyl sites for hydroxylation is 1. The molecule has 0 saturated heterocycles. The smallest absolute Gasteiger partial charge is 0.257 e. The van der Waals surface area contributed by atoms with Gasteiger partial charge in [0.15, 0.2) is 11.4 Å². The summed E-state index contributed by atoms with van der Waals surface area (Å²) in [5.41, 5.74) is 3.95. The van der Waals surface area contributed by atoms with E-state index < -0.39 is 0 Å². The highest BCUT2D eigenvalue weighted by Gasteiger charge is 2.22. The van der Waals surface area contributed by atoms with E-state index in [1.807, 2.05) is 37.3 Å². The second-order valence-corrected chi connectivity index (χ2v) is 7.28. The summed E-state index contributed by atoms with van der Waals surface area (Å²) in [5.74, 6) is 0.0402. The monoisotopic (exact) mass is 352 g/mol. The standard InChI is InChI=1S/C19H16N2O3S/c1-11(25-19-21-15-4-2-3-5-16(15)24-19)18(23)13-6-8-14-12(10-13)7-9-17(22)20-14/h2-6,8,10-11H,7,9H2,1H3,(H,20,22). The van der Waals surface area contributed by atoms with Gasteiger partial charge in [-0.25, -0.2) is 4.98 Å². The lowest BCUT2D eigenvalue weighted by molar-refractivity contribution is -0.116. The van der Waals surface area contributed by atoms with E-state index in [0.717, 1.165) is 16.8 Å². The van der Waals surface area contributed by atoms with Gasteiger partial charge < -0.3 is 9.73 Å². The van der Waals surface area contributed by atoms with Gasteiger partial charge in [0, 0.05) is 17.7 Å². The van der Waals surface area contributed by atoms with Crippen molar-refractivity contribution in [3.05, 3.63) is 53.6 Å². The highest BCUT2D eigenvalue weighted by atomic mass is 32.2. The third-order valence-electron chi connectivity index (χ3n) is 4.21. The van der Waals surface area contributed by atoms with Crippen LogP contribution >= 0.6 is 11.8 Å². The van der Waals surface area contributed by atoms with Gasteiger partial charge in [-0.05, 0) is 49.2 Å². The zero-order valence-corrected chi connectivity index (χ0v) is 14.4. The maximum atomic E-state index is 12.7. The number of anilines is 1. The van der Waals surface area contributed by atoms with Crippen LogP contribution in [0.2, 0.25) is 0 Å². The van der Waals surface area contributed by atoms with Crippen LogP contribution in [0.3, 0.4) is 0 Å². The predicted molar refractivity (Wildman–Crippen MR) is 97.1 cm³/mol. The minimum Gasteiger partial charge on any atom is -0.431 e. The molecule has 0 aliphatic carbocycles. The Hall–Kier alpha value is -2.60. The fraction of sp³-hybridized carbons (Fsp3) is 0.211. The Kier molecular flexibility index (Phi) is 4.05. The lowest BCUT2D eigenvalue weighted by Crippen LogP contribution is -2.20. The lowest BCUT2D eigenvalue weighted by Gasteiger charge is -2.18. The topological polar surface area (TPSA) is 72.2 Å². The number of hydrogen-bond donors (Lipinski definition) is 1. The predicted octanol–water partition coefficient (Wildman–Crippen LogP) is 4.08. The number of fused-ring (bicyclic) bond motifs is 2. The molecule has 1 aliphatic rings. The first-order valence-electron chi connectivity index (χ1n) is 8.09. The summed E-state index contributed by atoms with van der Waals surface area (Å²) >= 11 is 1.31. The van der Waals surface area contributed by atoms with Crippen molar-refractivity contribution in [1.29, 1.82) is 0 Å². The number of carbonyl (C=O) groups excluding carboxylic acids is 2. The summed E-state index contributed by atoms with van der Waals surface area (Å²) in [5, 5.41) is 3.01. The lowest BCUT2D eigenvalue weighted by atomic mass is 9.98. The number of nitrogens with zero attached hydrogens (tertiary/aromatic N) is 1. The van der Waals surface area contributed by atoms with Crippen LogP contribution in [0.4, 0.5) is 5.69 Å². The minimum absolute atomic E-state index is 0.0199. The molecule has 126 valence electrons. The third kappa shape index (κ3) is 3.17. The van der Waals surface area contributed by atoms with Gasteiger partial charge in [-0.3, -0.25) is 9.59 Å². The highest BCUT2D eigenvalue weighted by molar-refractivity contribution is 8.00. The Morgan fingerprint density at radius 2 is 2.08 bits per heavy atom. The molecule has 1 N–H and O–H groups in total. The first-order valence-corrected chi connectivity index (χ1v) is 8.97. The number of amides is 1. The molecule has 1 aliphatic heterocycles. The molecular weight excluding hydrogens is 336 g/mol. The summed E-state index contributed by atoms with van der Waals surface area (Å²) in [7, 11) is 0. The molecule has 1 amide bonds. The van der Waals surface area contributed by atoms with E-state index >= 15 is 0 Å². The SMILES string of the molecule is CC(Sc1nc2ccccc2o1)C(=O)c1ccc2c(c1)CCC(=O)N2. The van der Waals surface area contributed by atoms with Gasteiger partial charge in [0.1, 0.15) is 5.52 Å². The van der Waals surface area contributed by atoms with Crippen LogP contribution in [0.1, 0.15) is 29.3 Å². The maximum Gasteiger partial charge on any atom is 0.257 e. The second kappa shape index (κ2) is 6.37. The molecule has 5 nitrogen and oxygen atoms in total. The van der Waals surface area contributed by atoms with Crippen molar-refractivity contribution in [2.75, 3.05) is 5.32 Å². The van der Waals surface area contributed by atoms with Crippen molar-refractivity contribution < 1.29 is 14.0 Å². The van der Waals surface area contributed by atoms with E-state index in [-0.39, 0.29) is 16.9 Å². The molecule has 4 rings (SSSR count). The molecule has 1 unspecified atom stereocenters. The normalized spacial score (nSPS) is 14.8. The molecule has 25 heavy (non-hydrogen) atoms. The zero-order chi connectivity index (χ0) is 17.4. The highest BCUT2D eigenvalue weighted by Crippen LogP contribution is 2.30. The Bertz CT molecular complexity index is 947. The number of oxazole rings is 1. The van der Waals surface area contributed by atoms with Crippen molar-refractivity contribution in [3.8, 4) is 0 Å². The quantitative estimate of drug-likeness (QED) is 0.566. The van der Waals surface area contributed by atoms with Gasteiger partial charge in [-0.2, -0.15) is 0 Å². The number of Topliss-reactive ketones (excluding diaryl/α,β-unsaturated/α-hetero) is 1. The van der Waals surface area contributed by atoms with Gasteiger partial charge in [0.25, 0.3) is 5.22 Å². The van der Waals surface area contributed by atoms with E-state index in [2.05, 4.69) is 10.3 Å². The average Bonchev–Trinajstić information content (AvgIpc) is 3.02. The molecule has 0 saturated carbocycles. The van der Waals surface area contributed by atoms with Crippen LogP contribution in [0.15, 0.2) is 52.1 Å². The van der Waals surface area contributed by atoms with Crippen LogP contribution in [0.25, 0.3) is 11.1 Å². The average molecular weight is 352 g/mol. The van der Waals surface area contributed by atoms with Crippen LogP contribution in [0.5, 0.6) is 0 Å². The van der Waals surface area contributed by atoms with Crippen LogP contribution in [-0.4, -0.2) is 21.9 Å². The zero-order valence-electron chi connectivity index (χ0n) is 13.6. The molecule has 0 radical (unpaired) electrons. The van der Waals surface area contributed by atoms with Gasteiger partial charge in [-0.1, -0.05) is 23.9 Å². The molecule has 1 aromatic heterocycles. The summed E-state index contributed by atoms with van der Waals surface area (Å²) in [6.07, 6.45) is 1.12. The number of para-hydroxylation sites is 2. The maximum absolute atomic E-state index is 12.7. The molecule has 3 aromatic rings. The van der Waals surface area contributed by atoms with Crippen molar-refractivity contribution in [2.24, 2.45) is 0 Å². The van der Waals surface area contributed by atoms with Crippen molar-refractivity contribution in [3.63, 3.8) is 0 Å². The first kappa shape index (κ1) is 15.9. The molecule has 2 aromatic carbocycles. The summed E-state index contributed by atoms with van der Waals surface area (Å²) in [4.78, 5) is 28.6. The summed E-state index contributed by atoms with van der Waals surface area (Å²) in [6, 6.07) is 13.0. The van der Waals surface area contributed by atoms with Gasteiger partial charge in [-0.15, -0.1) is 0 Å². The second-order valence-electron chi connectivity index (χ2n) is 5.99. The minimum atomic E-state index is -0.315. The summed E-state index contributed by atoms with van der Waals surface area (Å²) < 4.78 is 5.68. The van der Waals surface area contributed by atoms with Gasteiger partial charge in [0.05, 0.1) is 5.25 Å². The van der Waals surface area contributed by atoms with Crippen molar-refractivity contribution in [2.45, 2.75) is 30.2 Å². The van der Waals surface area contributed by atoms with E-state index in [9.17, 15) is 9.59 Å². The summed E-state index contributed by atoms with van der Waals surface area (Å²) in [6.45, 7) is 1.85. The van der Waals surface area contributed by atoms with Gasteiger partial charge in [0.2, 0.25) is 5.91 Å². The van der Waals surface area contributed by atoms with Crippen LogP contribution in [-0.2, 0) is 11.2 Å². The first-order chi connectivity index (χ1) is 12.1.